The lowest BCUT2D eigenvalue weighted by atomic mass is 9.97. The van der Waals surface area contributed by atoms with E-state index in [0.29, 0.717) is 0 Å². The highest BCUT2D eigenvalue weighted by Crippen LogP contribution is 2.13. The summed E-state index contributed by atoms with van der Waals surface area (Å²) in [6.45, 7) is 7.38. The summed E-state index contributed by atoms with van der Waals surface area (Å²) in [7, 11) is 1.67. The van der Waals surface area contributed by atoms with E-state index in [1.807, 2.05) is 30.5 Å². The van der Waals surface area contributed by atoms with Gasteiger partial charge in [-0.1, -0.05) is 20.8 Å². The van der Waals surface area contributed by atoms with E-state index in [9.17, 15) is 0 Å². The molecule has 1 rings (SSSR count). The molecule has 0 unspecified atom stereocenters. The molecule has 0 saturated carbocycles. The maximum absolute atomic E-state index is 5.08. The molecule has 0 fully saturated rings. The van der Waals surface area contributed by atoms with Gasteiger partial charge in [0, 0.05) is 12.8 Å². The van der Waals surface area contributed by atoms with E-state index in [-0.39, 0.29) is 5.41 Å². The van der Waals surface area contributed by atoms with E-state index in [1.165, 1.54) is 0 Å². The Morgan fingerprint density at radius 1 is 1.20 bits per heavy atom. The molecular formula is C13H19NO. The minimum atomic E-state index is 0.253. The molecule has 0 N–H and O–H groups in total. The monoisotopic (exact) mass is 205 g/mol. The van der Waals surface area contributed by atoms with Crippen LogP contribution in [0.15, 0.2) is 29.3 Å². The zero-order chi connectivity index (χ0) is 11.3. The van der Waals surface area contributed by atoms with Crippen molar-refractivity contribution >= 4 is 6.21 Å². The highest BCUT2D eigenvalue weighted by atomic mass is 16.5. The predicted molar refractivity (Wildman–Crippen MR) is 64.9 cm³/mol. The van der Waals surface area contributed by atoms with E-state index < -0.39 is 0 Å². The van der Waals surface area contributed by atoms with Gasteiger partial charge in [0.1, 0.15) is 5.75 Å². The number of nitrogens with zero attached hydrogens (tertiary/aromatic N) is 1. The lowest BCUT2D eigenvalue weighted by Crippen LogP contribution is -2.09. The highest BCUT2D eigenvalue weighted by molar-refractivity contribution is 5.79. The van der Waals surface area contributed by atoms with Crippen LogP contribution in [0.25, 0.3) is 0 Å². The number of hydrogen-bond donors (Lipinski definition) is 0. The van der Waals surface area contributed by atoms with Gasteiger partial charge in [-0.15, -0.1) is 0 Å². The number of rotatable bonds is 3. The second-order valence-electron chi connectivity index (χ2n) is 4.80. The minimum Gasteiger partial charge on any atom is -0.497 e. The smallest absolute Gasteiger partial charge is 0.118 e. The molecule has 0 heterocycles. The zero-order valence-corrected chi connectivity index (χ0v) is 9.95. The van der Waals surface area contributed by atoms with Crippen LogP contribution < -0.4 is 4.74 Å². The number of methoxy groups -OCH3 is 1. The van der Waals surface area contributed by atoms with Gasteiger partial charge >= 0.3 is 0 Å². The van der Waals surface area contributed by atoms with E-state index in [1.54, 1.807) is 7.11 Å². The van der Waals surface area contributed by atoms with Crippen molar-refractivity contribution in [1.29, 1.82) is 0 Å². The first-order valence-corrected chi connectivity index (χ1v) is 5.15. The molecule has 0 saturated heterocycles. The second-order valence-corrected chi connectivity index (χ2v) is 4.80. The van der Waals surface area contributed by atoms with Crippen LogP contribution >= 0.6 is 0 Å². The fraction of sp³-hybridized carbons (Fsp3) is 0.462. The normalized spacial score (nSPS) is 12.0. The Morgan fingerprint density at radius 2 is 1.80 bits per heavy atom. The van der Waals surface area contributed by atoms with Crippen LogP contribution in [0.1, 0.15) is 26.3 Å². The molecule has 0 aromatic heterocycles. The van der Waals surface area contributed by atoms with Gasteiger partial charge < -0.3 is 4.74 Å². The first-order chi connectivity index (χ1) is 7.01. The maximum Gasteiger partial charge on any atom is 0.118 e. The first-order valence-electron chi connectivity index (χ1n) is 5.15. The summed E-state index contributed by atoms with van der Waals surface area (Å²) in [5, 5.41) is 0. The standard InChI is InChI=1S/C13H19NO/c1-13(2,3)10-14-9-11-5-7-12(15-4)8-6-11/h5-9H,10H2,1-4H3. The van der Waals surface area contributed by atoms with Gasteiger partial charge in [0.15, 0.2) is 0 Å². The van der Waals surface area contributed by atoms with Gasteiger partial charge in [-0.3, -0.25) is 4.99 Å². The van der Waals surface area contributed by atoms with E-state index in [0.717, 1.165) is 17.9 Å². The number of ether oxygens (including phenoxy) is 1. The molecule has 0 aliphatic heterocycles. The Morgan fingerprint density at radius 3 is 2.27 bits per heavy atom. The van der Waals surface area contributed by atoms with Crippen molar-refractivity contribution in [2.24, 2.45) is 10.4 Å². The molecule has 1 aromatic carbocycles. The average molecular weight is 205 g/mol. The molecule has 0 aliphatic rings. The molecular weight excluding hydrogens is 186 g/mol. The Kier molecular flexibility index (Phi) is 3.89. The second kappa shape index (κ2) is 4.96. The molecule has 0 radical (unpaired) electrons. The molecule has 0 amide bonds. The van der Waals surface area contributed by atoms with Crippen molar-refractivity contribution in [3.8, 4) is 5.75 Å². The topological polar surface area (TPSA) is 21.6 Å². The van der Waals surface area contributed by atoms with Crippen LogP contribution in [-0.4, -0.2) is 19.9 Å². The van der Waals surface area contributed by atoms with Crippen LogP contribution in [0, 0.1) is 5.41 Å². The van der Waals surface area contributed by atoms with Crippen LogP contribution in [0.5, 0.6) is 5.75 Å². The van der Waals surface area contributed by atoms with Gasteiger partial charge in [-0.2, -0.15) is 0 Å². The molecule has 2 heteroatoms. The van der Waals surface area contributed by atoms with Crippen LogP contribution in [-0.2, 0) is 0 Å². The molecule has 0 aliphatic carbocycles. The van der Waals surface area contributed by atoms with Gasteiger partial charge in [-0.25, -0.2) is 0 Å². The zero-order valence-electron chi connectivity index (χ0n) is 9.95. The fourth-order valence-electron chi connectivity index (χ4n) is 1.11. The summed E-state index contributed by atoms with van der Waals surface area (Å²) in [6, 6.07) is 7.90. The summed E-state index contributed by atoms with van der Waals surface area (Å²) >= 11 is 0. The Labute approximate surface area is 92.0 Å². The van der Waals surface area contributed by atoms with Gasteiger partial charge in [-0.05, 0) is 35.2 Å². The number of benzene rings is 1. The van der Waals surface area contributed by atoms with E-state index >= 15 is 0 Å². The summed E-state index contributed by atoms with van der Waals surface area (Å²) in [5.41, 5.74) is 1.36. The Bertz CT molecular complexity index is 319. The Hall–Kier alpha value is -1.31. The van der Waals surface area contributed by atoms with Crippen molar-refractivity contribution in [3.63, 3.8) is 0 Å². The largest absolute Gasteiger partial charge is 0.497 e. The predicted octanol–water partition coefficient (Wildman–Crippen LogP) is 3.16. The third kappa shape index (κ3) is 4.63. The summed E-state index contributed by atoms with van der Waals surface area (Å²) in [4.78, 5) is 4.40. The molecule has 15 heavy (non-hydrogen) atoms. The molecule has 82 valence electrons. The SMILES string of the molecule is COc1ccc(C=NCC(C)(C)C)cc1. The van der Waals surface area contributed by atoms with Gasteiger partial charge in [0.25, 0.3) is 0 Å². The fourth-order valence-corrected chi connectivity index (χ4v) is 1.11. The molecule has 2 nitrogen and oxygen atoms in total. The van der Waals surface area contributed by atoms with Crippen LogP contribution in [0.3, 0.4) is 0 Å². The lowest BCUT2D eigenvalue weighted by Gasteiger charge is -2.13. The summed E-state index contributed by atoms with van der Waals surface area (Å²) in [5.74, 6) is 0.878. The molecule has 0 atom stereocenters. The highest BCUT2D eigenvalue weighted by Gasteiger charge is 2.07. The van der Waals surface area contributed by atoms with Crippen molar-refractivity contribution in [2.75, 3.05) is 13.7 Å². The third-order valence-corrected chi connectivity index (χ3v) is 1.92. The van der Waals surface area contributed by atoms with Crippen LogP contribution in [0.2, 0.25) is 0 Å². The molecule has 0 bridgehead atoms. The first kappa shape index (κ1) is 11.8. The number of hydrogen-bond acceptors (Lipinski definition) is 2. The summed E-state index contributed by atoms with van der Waals surface area (Å²) < 4.78 is 5.08. The van der Waals surface area contributed by atoms with Crippen molar-refractivity contribution in [2.45, 2.75) is 20.8 Å². The quantitative estimate of drug-likeness (QED) is 0.695. The third-order valence-electron chi connectivity index (χ3n) is 1.92. The van der Waals surface area contributed by atoms with Crippen molar-refractivity contribution in [3.05, 3.63) is 29.8 Å². The van der Waals surface area contributed by atoms with Crippen LogP contribution in [0.4, 0.5) is 0 Å². The molecule has 1 aromatic rings. The van der Waals surface area contributed by atoms with Crippen molar-refractivity contribution < 1.29 is 4.74 Å². The van der Waals surface area contributed by atoms with Gasteiger partial charge in [0.2, 0.25) is 0 Å². The average Bonchev–Trinajstić information content (AvgIpc) is 2.17. The van der Waals surface area contributed by atoms with E-state index in [4.69, 9.17) is 4.74 Å². The minimum absolute atomic E-state index is 0.253. The maximum atomic E-state index is 5.08. The molecule has 0 spiro atoms. The number of aliphatic imine (C=N–C) groups is 1. The summed E-state index contributed by atoms with van der Waals surface area (Å²) in [6.07, 6.45) is 1.91. The van der Waals surface area contributed by atoms with Crippen molar-refractivity contribution in [1.82, 2.24) is 0 Å². The Balaban J connectivity index is 2.57. The van der Waals surface area contributed by atoms with E-state index in [2.05, 4.69) is 25.8 Å². The lowest BCUT2D eigenvalue weighted by molar-refractivity contribution is 0.415. The van der Waals surface area contributed by atoms with Gasteiger partial charge in [0.05, 0.1) is 7.11 Å².